The van der Waals surface area contributed by atoms with Gasteiger partial charge in [0.2, 0.25) is 0 Å². The molecule has 0 radical (unpaired) electrons. The van der Waals surface area contributed by atoms with Crippen LogP contribution in [-0.4, -0.2) is 19.9 Å². The van der Waals surface area contributed by atoms with Crippen LogP contribution in [0.4, 0.5) is 5.69 Å². The van der Waals surface area contributed by atoms with Crippen LogP contribution in [0.25, 0.3) is 0 Å². The van der Waals surface area contributed by atoms with Crippen molar-refractivity contribution in [3.8, 4) is 0 Å². The molecule has 4 N–H and O–H groups in total. The van der Waals surface area contributed by atoms with Crippen molar-refractivity contribution < 1.29 is 8.42 Å². The van der Waals surface area contributed by atoms with E-state index >= 15 is 0 Å². The third kappa shape index (κ3) is 4.15. The third-order valence-electron chi connectivity index (χ3n) is 2.80. The van der Waals surface area contributed by atoms with E-state index in [0.717, 1.165) is 5.56 Å². The predicted molar refractivity (Wildman–Crippen MR) is 82.4 cm³/mol. The molecule has 8 heteroatoms. The molecule has 6 nitrogen and oxygen atoms in total. The Bertz CT molecular complexity index is 704. The van der Waals surface area contributed by atoms with Gasteiger partial charge in [-0.3, -0.25) is 5.84 Å². The molecule has 2 rings (SSSR count). The number of aromatic nitrogens is 1. The highest BCUT2D eigenvalue weighted by atomic mass is 35.5. The van der Waals surface area contributed by atoms with E-state index in [0.29, 0.717) is 11.4 Å². The average molecular weight is 327 g/mol. The molecule has 0 unspecified atom stereocenters. The molecule has 21 heavy (non-hydrogen) atoms. The van der Waals surface area contributed by atoms with Gasteiger partial charge in [-0.05, 0) is 36.2 Å². The van der Waals surface area contributed by atoms with Gasteiger partial charge in [0.25, 0.3) is 10.0 Å². The van der Waals surface area contributed by atoms with Crippen LogP contribution in [0.15, 0.2) is 47.6 Å². The SMILES string of the molecule is NNc1cccnc1S(=O)(=O)NCCc1ccc(Cl)cc1. The molecule has 0 aliphatic heterocycles. The van der Waals surface area contributed by atoms with Crippen molar-refractivity contribution in [2.24, 2.45) is 5.84 Å². The molecule has 0 bridgehead atoms. The molecule has 112 valence electrons. The lowest BCUT2D eigenvalue weighted by Gasteiger charge is -2.09. The van der Waals surface area contributed by atoms with E-state index < -0.39 is 10.0 Å². The molecule has 1 aromatic heterocycles. The average Bonchev–Trinajstić information content (AvgIpc) is 2.49. The number of pyridine rings is 1. The first-order valence-corrected chi connectivity index (χ1v) is 8.05. The van der Waals surface area contributed by atoms with E-state index in [9.17, 15) is 8.42 Å². The van der Waals surface area contributed by atoms with Crippen molar-refractivity contribution >= 4 is 27.3 Å². The molecule has 1 heterocycles. The molecule has 0 spiro atoms. The lowest BCUT2D eigenvalue weighted by molar-refractivity contribution is 0.578. The van der Waals surface area contributed by atoms with Gasteiger partial charge < -0.3 is 5.43 Å². The summed E-state index contributed by atoms with van der Waals surface area (Å²) in [6, 6.07) is 10.4. The summed E-state index contributed by atoms with van der Waals surface area (Å²) in [4.78, 5) is 3.85. The summed E-state index contributed by atoms with van der Waals surface area (Å²) in [5.41, 5.74) is 3.55. The number of nitrogens with zero attached hydrogens (tertiary/aromatic N) is 1. The molecule has 0 atom stereocenters. The van der Waals surface area contributed by atoms with Crippen molar-refractivity contribution in [2.45, 2.75) is 11.4 Å². The summed E-state index contributed by atoms with van der Waals surface area (Å²) in [6.07, 6.45) is 1.95. The first-order chi connectivity index (χ1) is 10.0. The molecule has 0 saturated carbocycles. The Kier molecular flexibility index (Phi) is 5.13. The number of sulfonamides is 1. The Morgan fingerprint density at radius 2 is 1.90 bits per heavy atom. The summed E-state index contributed by atoms with van der Waals surface area (Å²) in [7, 11) is -3.71. The zero-order valence-corrected chi connectivity index (χ0v) is 12.7. The van der Waals surface area contributed by atoms with Crippen molar-refractivity contribution in [3.05, 3.63) is 53.2 Å². The topological polar surface area (TPSA) is 97.1 Å². The van der Waals surface area contributed by atoms with Crippen molar-refractivity contribution in [1.82, 2.24) is 9.71 Å². The van der Waals surface area contributed by atoms with Crippen LogP contribution in [0, 0.1) is 0 Å². The first-order valence-electron chi connectivity index (χ1n) is 6.18. The number of nitrogens with two attached hydrogens (primary N) is 1. The Hall–Kier alpha value is -1.67. The Morgan fingerprint density at radius 1 is 1.19 bits per heavy atom. The zero-order chi connectivity index (χ0) is 15.3. The highest BCUT2D eigenvalue weighted by molar-refractivity contribution is 7.89. The molecular formula is C13H15ClN4O2S. The van der Waals surface area contributed by atoms with Gasteiger partial charge in [0.05, 0.1) is 5.69 Å². The Morgan fingerprint density at radius 3 is 2.57 bits per heavy atom. The fraction of sp³-hybridized carbons (Fsp3) is 0.154. The number of benzene rings is 1. The minimum absolute atomic E-state index is 0.122. The monoisotopic (exact) mass is 326 g/mol. The van der Waals surface area contributed by atoms with Gasteiger partial charge in [-0.15, -0.1) is 0 Å². The molecule has 0 aliphatic rings. The van der Waals surface area contributed by atoms with E-state index in [1.807, 2.05) is 12.1 Å². The molecule has 0 saturated heterocycles. The number of nitrogens with one attached hydrogen (secondary N) is 2. The molecule has 0 aliphatic carbocycles. The van der Waals surface area contributed by atoms with Crippen LogP contribution in [0.1, 0.15) is 5.56 Å². The number of halogens is 1. The maximum atomic E-state index is 12.2. The van der Waals surface area contributed by atoms with Crippen molar-refractivity contribution in [2.75, 3.05) is 12.0 Å². The second kappa shape index (κ2) is 6.86. The highest BCUT2D eigenvalue weighted by Crippen LogP contribution is 2.16. The van der Waals surface area contributed by atoms with Crippen LogP contribution in [0.5, 0.6) is 0 Å². The van der Waals surface area contributed by atoms with Crippen LogP contribution >= 0.6 is 11.6 Å². The quantitative estimate of drug-likeness (QED) is 0.552. The highest BCUT2D eigenvalue weighted by Gasteiger charge is 2.19. The van der Waals surface area contributed by atoms with E-state index in [1.54, 1.807) is 24.3 Å². The lowest BCUT2D eigenvalue weighted by atomic mass is 10.2. The van der Waals surface area contributed by atoms with Crippen LogP contribution in [0.2, 0.25) is 5.02 Å². The fourth-order valence-electron chi connectivity index (χ4n) is 1.76. The number of hydrogen-bond acceptors (Lipinski definition) is 5. The minimum atomic E-state index is -3.71. The van der Waals surface area contributed by atoms with Gasteiger partial charge in [0.1, 0.15) is 0 Å². The molecule has 1 aromatic carbocycles. The summed E-state index contributed by atoms with van der Waals surface area (Å²) in [6.45, 7) is 0.255. The van der Waals surface area contributed by atoms with E-state index in [2.05, 4.69) is 15.1 Å². The minimum Gasteiger partial charge on any atom is -0.321 e. The molecule has 2 aromatic rings. The maximum absolute atomic E-state index is 12.2. The smallest absolute Gasteiger partial charge is 0.260 e. The van der Waals surface area contributed by atoms with Gasteiger partial charge in [-0.2, -0.15) is 0 Å². The van der Waals surface area contributed by atoms with Gasteiger partial charge >= 0.3 is 0 Å². The predicted octanol–water partition coefficient (Wildman–Crippen LogP) is 1.54. The third-order valence-corrected chi connectivity index (χ3v) is 4.47. The zero-order valence-electron chi connectivity index (χ0n) is 11.1. The molecule has 0 fully saturated rings. The largest absolute Gasteiger partial charge is 0.321 e. The maximum Gasteiger partial charge on any atom is 0.260 e. The van der Waals surface area contributed by atoms with E-state index in [-0.39, 0.29) is 17.3 Å². The van der Waals surface area contributed by atoms with Gasteiger partial charge in [-0.1, -0.05) is 23.7 Å². The van der Waals surface area contributed by atoms with E-state index in [1.165, 1.54) is 6.20 Å². The summed E-state index contributed by atoms with van der Waals surface area (Å²) >= 11 is 5.79. The van der Waals surface area contributed by atoms with E-state index in [4.69, 9.17) is 17.4 Å². The number of anilines is 1. The molecular weight excluding hydrogens is 312 g/mol. The van der Waals surface area contributed by atoms with Crippen molar-refractivity contribution in [1.29, 1.82) is 0 Å². The van der Waals surface area contributed by atoms with Gasteiger partial charge in [0.15, 0.2) is 5.03 Å². The summed E-state index contributed by atoms with van der Waals surface area (Å²) in [5, 5.41) is 0.523. The normalized spacial score (nSPS) is 11.3. The second-order valence-corrected chi connectivity index (χ2v) is 6.39. The standard InChI is InChI=1S/C13H15ClN4O2S/c14-11-5-3-10(4-6-11)7-9-17-21(19,20)13-12(18-15)2-1-8-16-13/h1-6,8,17-18H,7,9,15H2. The Balaban J connectivity index is 2.03. The fourth-order valence-corrected chi connectivity index (χ4v) is 3.01. The van der Waals surface area contributed by atoms with Crippen molar-refractivity contribution in [3.63, 3.8) is 0 Å². The number of rotatable bonds is 6. The second-order valence-electron chi connectivity index (χ2n) is 4.27. The number of hydrazine groups is 1. The number of nitrogen functional groups attached to an aromatic ring is 1. The lowest BCUT2D eigenvalue weighted by Crippen LogP contribution is -2.28. The van der Waals surface area contributed by atoms with Crippen LogP contribution in [0.3, 0.4) is 0 Å². The van der Waals surface area contributed by atoms with Gasteiger partial charge in [0, 0.05) is 17.8 Å². The molecule has 0 amide bonds. The van der Waals surface area contributed by atoms with Gasteiger partial charge in [-0.25, -0.2) is 18.1 Å². The van der Waals surface area contributed by atoms with Crippen LogP contribution < -0.4 is 16.0 Å². The summed E-state index contributed by atoms with van der Waals surface area (Å²) < 4.78 is 26.8. The Labute approximate surface area is 128 Å². The number of hydrogen-bond donors (Lipinski definition) is 3. The first kappa shape index (κ1) is 15.7. The summed E-state index contributed by atoms with van der Waals surface area (Å²) in [5.74, 6) is 5.29. The van der Waals surface area contributed by atoms with Crippen LogP contribution in [-0.2, 0) is 16.4 Å².